The predicted molar refractivity (Wildman–Crippen MR) is 141 cm³/mol. The number of carboxylic acid groups (broad SMARTS) is 1. The fourth-order valence-electron chi connectivity index (χ4n) is 7.48. The maximum absolute atomic E-state index is 11.9. The molecule has 5 heteroatoms. The summed E-state index contributed by atoms with van der Waals surface area (Å²) in [5.74, 6) is 0.194. The van der Waals surface area contributed by atoms with E-state index in [1.165, 1.54) is 59.9 Å². The number of benzene rings is 2. The van der Waals surface area contributed by atoms with Crippen molar-refractivity contribution in [3.05, 3.63) is 59.2 Å². The molecule has 1 N–H and O–H groups in total. The van der Waals surface area contributed by atoms with E-state index in [0.29, 0.717) is 29.5 Å². The highest BCUT2D eigenvalue weighted by atomic mass is 16.4. The molecule has 1 saturated heterocycles. The molecular formula is C30H37N3O2. The fraction of sp³-hybridized carbons (Fsp3) is 0.500. The fourth-order valence-corrected chi connectivity index (χ4v) is 7.48. The van der Waals surface area contributed by atoms with Crippen molar-refractivity contribution in [3.63, 3.8) is 0 Å². The molecule has 3 atom stereocenters. The van der Waals surface area contributed by atoms with E-state index in [1.807, 2.05) is 12.1 Å². The summed E-state index contributed by atoms with van der Waals surface area (Å²) in [5, 5.41) is 11.1. The monoisotopic (exact) mass is 471 g/mol. The Kier molecular flexibility index (Phi) is 5.73. The number of likely N-dealkylation sites (tertiary alicyclic amines) is 1. The van der Waals surface area contributed by atoms with Crippen LogP contribution in [-0.4, -0.2) is 59.2 Å². The lowest BCUT2D eigenvalue weighted by Crippen LogP contribution is -2.36. The zero-order chi connectivity index (χ0) is 24.3. The van der Waals surface area contributed by atoms with Gasteiger partial charge in [0.1, 0.15) is 0 Å². The van der Waals surface area contributed by atoms with Gasteiger partial charge in [-0.3, -0.25) is 4.90 Å². The lowest BCUT2D eigenvalue weighted by molar-refractivity contribution is 0.0697. The number of carboxylic acids is 1. The molecule has 1 aliphatic carbocycles. The Hall–Kier alpha value is -2.63. The number of carbonyl (C=O) groups is 1. The Labute approximate surface area is 208 Å². The maximum Gasteiger partial charge on any atom is 0.335 e. The van der Waals surface area contributed by atoms with Gasteiger partial charge in [-0.25, -0.2) is 4.79 Å². The van der Waals surface area contributed by atoms with Crippen LogP contribution in [0.3, 0.4) is 0 Å². The number of hydrogen-bond donors (Lipinski definition) is 1. The van der Waals surface area contributed by atoms with Crippen molar-refractivity contribution in [2.24, 2.45) is 5.92 Å². The highest BCUT2D eigenvalue weighted by molar-refractivity contribution is 5.98. The molecule has 3 heterocycles. The normalized spacial score (nSPS) is 24.9. The Morgan fingerprint density at radius 1 is 1.09 bits per heavy atom. The average molecular weight is 472 g/mol. The van der Waals surface area contributed by atoms with Gasteiger partial charge in [-0.2, -0.15) is 0 Å². The molecule has 6 rings (SSSR count). The van der Waals surface area contributed by atoms with E-state index >= 15 is 0 Å². The van der Waals surface area contributed by atoms with Gasteiger partial charge in [-0.05, 0) is 75.5 Å². The molecule has 0 bridgehead atoms. The van der Waals surface area contributed by atoms with E-state index in [1.54, 1.807) is 0 Å². The molecule has 1 saturated carbocycles. The van der Waals surface area contributed by atoms with Crippen LogP contribution in [0.4, 0.5) is 0 Å². The summed E-state index contributed by atoms with van der Waals surface area (Å²) in [6, 6.07) is 15.8. The first-order valence-electron chi connectivity index (χ1n) is 13.3. The zero-order valence-corrected chi connectivity index (χ0v) is 21.2. The topological polar surface area (TPSA) is 48.7 Å². The average Bonchev–Trinajstić information content (AvgIpc) is 3.28. The molecule has 0 amide bonds. The summed E-state index contributed by atoms with van der Waals surface area (Å²) in [6.07, 6.45) is 7.51. The van der Waals surface area contributed by atoms with Crippen molar-refractivity contribution >= 4 is 16.9 Å². The molecule has 3 aromatic rings. The third-order valence-corrected chi connectivity index (χ3v) is 8.93. The van der Waals surface area contributed by atoms with E-state index in [4.69, 9.17) is 0 Å². The first kappa shape index (κ1) is 22.8. The molecule has 3 aliphatic rings. The van der Waals surface area contributed by atoms with Gasteiger partial charge in [0.15, 0.2) is 0 Å². The first-order chi connectivity index (χ1) is 16.9. The third kappa shape index (κ3) is 3.71. The van der Waals surface area contributed by atoms with Gasteiger partial charge < -0.3 is 14.6 Å². The van der Waals surface area contributed by atoms with E-state index < -0.39 is 5.97 Å². The Morgan fingerprint density at radius 3 is 2.60 bits per heavy atom. The van der Waals surface area contributed by atoms with Crippen LogP contribution in [0.2, 0.25) is 0 Å². The number of rotatable bonds is 4. The number of nitrogens with zero attached hydrogens (tertiary/aromatic N) is 3. The molecule has 2 aromatic carbocycles. The van der Waals surface area contributed by atoms with Crippen molar-refractivity contribution in [1.82, 2.24) is 14.4 Å². The predicted octanol–water partition coefficient (Wildman–Crippen LogP) is 5.99. The number of aromatic carboxylic acids is 1. The molecule has 5 nitrogen and oxygen atoms in total. The van der Waals surface area contributed by atoms with E-state index in [0.717, 1.165) is 25.0 Å². The van der Waals surface area contributed by atoms with Gasteiger partial charge >= 0.3 is 5.97 Å². The van der Waals surface area contributed by atoms with Gasteiger partial charge in [-0.1, -0.05) is 49.6 Å². The summed E-state index contributed by atoms with van der Waals surface area (Å²) >= 11 is 0. The SMILES string of the molecule is CN(C)CC1CC2Cn3c(c(C4CCCCC4)c4ccc(C(=O)O)cc43)-c3ccccc3C2N1C. The second kappa shape index (κ2) is 8.79. The summed E-state index contributed by atoms with van der Waals surface area (Å²) in [6.45, 7) is 2.00. The van der Waals surface area contributed by atoms with Gasteiger partial charge in [0.2, 0.25) is 0 Å². The molecule has 35 heavy (non-hydrogen) atoms. The van der Waals surface area contributed by atoms with Crippen molar-refractivity contribution in [3.8, 4) is 11.3 Å². The molecule has 1 aromatic heterocycles. The number of likely N-dealkylation sites (N-methyl/N-ethyl adjacent to an activating group) is 2. The van der Waals surface area contributed by atoms with Crippen LogP contribution in [-0.2, 0) is 6.54 Å². The van der Waals surface area contributed by atoms with E-state index in [2.05, 4.69) is 65.8 Å². The summed E-state index contributed by atoms with van der Waals surface area (Å²) in [4.78, 5) is 16.9. The Morgan fingerprint density at radius 2 is 1.86 bits per heavy atom. The maximum atomic E-state index is 11.9. The van der Waals surface area contributed by atoms with Gasteiger partial charge in [0.25, 0.3) is 0 Å². The minimum Gasteiger partial charge on any atom is -0.478 e. The van der Waals surface area contributed by atoms with Crippen LogP contribution in [0.5, 0.6) is 0 Å². The molecule has 0 radical (unpaired) electrons. The van der Waals surface area contributed by atoms with Gasteiger partial charge in [0, 0.05) is 41.6 Å². The standard InChI is InChI=1S/C30H37N3O2/c1-31(2)18-22-15-21-17-33-26-16-20(30(34)35)13-14-25(26)27(19-9-5-4-6-10-19)29(33)24-12-8-7-11-23(24)28(21)32(22)3/h7-8,11-14,16,19,21-22,28H,4-6,9-10,15,17-18H2,1-3H3,(H,34,35). The van der Waals surface area contributed by atoms with Crippen LogP contribution in [0.15, 0.2) is 42.5 Å². The van der Waals surface area contributed by atoms with Crippen LogP contribution in [0.25, 0.3) is 22.2 Å². The number of hydrogen-bond acceptors (Lipinski definition) is 3. The van der Waals surface area contributed by atoms with Crippen LogP contribution < -0.4 is 0 Å². The molecule has 2 aliphatic heterocycles. The number of fused-ring (bicyclic) bond motifs is 7. The van der Waals surface area contributed by atoms with Crippen LogP contribution in [0, 0.1) is 5.92 Å². The Balaban J connectivity index is 1.60. The highest BCUT2D eigenvalue weighted by Gasteiger charge is 2.44. The third-order valence-electron chi connectivity index (χ3n) is 8.93. The van der Waals surface area contributed by atoms with Crippen LogP contribution in [0.1, 0.15) is 72.0 Å². The van der Waals surface area contributed by atoms with Crippen molar-refractivity contribution in [2.45, 2.75) is 63.1 Å². The minimum absolute atomic E-state index is 0.382. The van der Waals surface area contributed by atoms with Gasteiger partial charge in [0.05, 0.1) is 11.3 Å². The Bertz CT molecular complexity index is 1270. The lowest BCUT2D eigenvalue weighted by atomic mass is 9.81. The van der Waals surface area contributed by atoms with Crippen molar-refractivity contribution in [2.75, 3.05) is 27.7 Å². The van der Waals surface area contributed by atoms with Crippen molar-refractivity contribution in [1.29, 1.82) is 0 Å². The molecule has 2 fully saturated rings. The molecule has 0 spiro atoms. The molecular weight excluding hydrogens is 434 g/mol. The number of aromatic nitrogens is 1. The molecule has 3 unspecified atom stereocenters. The molecule has 184 valence electrons. The minimum atomic E-state index is -0.847. The quantitative estimate of drug-likeness (QED) is 0.508. The smallest absolute Gasteiger partial charge is 0.335 e. The zero-order valence-electron chi connectivity index (χ0n) is 21.2. The largest absolute Gasteiger partial charge is 0.478 e. The van der Waals surface area contributed by atoms with E-state index in [-0.39, 0.29) is 0 Å². The van der Waals surface area contributed by atoms with Crippen molar-refractivity contribution < 1.29 is 9.90 Å². The summed E-state index contributed by atoms with van der Waals surface area (Å²) in [5.41, 5.74) is 7.11. The highest BCUT2D eigenvalue weighted by Crippen LogP contribution is 2.52. The van der Waals surface area contributed by atoms with E-state index in [9.17, 15) is 9.90 Å². The second-order valence-corrected chi connectivity index (χ2v) is 11.4. The second-order valence-electron chi connectivity index (χ2n) is 11.4. The summed E-state index contributed by atoms with van der Waals surface area (Å²) < 4.78 is 2.51. The summed E-state index contributed by atoms with van der Waals surface area (Å²) in [7, 11) is 6.63. The van der Waals surface area contributed by atoms with Crippen LogP contribution >= 0.6 is 0 Å². The first-order valence-corrected chi connectivity index (χ1v) is 13.3. The van der Waals surface area contributed by atoms with Gasteiger partial charge in [-0.15, -0.1) is 0 Å². The lowest BCUT2D eigenvalue weighted by Gasteiger charge is -2.30.